The van der Waals surface area contributed by atoms with Crippen LogP contribution < -0.4 is 9.84 Å². The fourth-order valence-corrected chi connectivity index (χ4v) is 11.5. The van der Waals surface area contributed by atoms with Gasteiger partial charge in [0.25, 0.3) is 5.69 Å². The predicted octanol–water partition coefficient (Wildman–Crippen LogP) is 8.32. The molecule has 0 aliphatic rings. The van der Waals surface area contributed by atoms with Gasteiger partial charge < -0.3 is 23.4 Å². The Morgan fingerprint density at radius 3 is 2.03 bits per heavy atom. The molecule has 0 saturated heterocycles. The quantitative estimate of drug-likeness (QED) is 0.193. The summed E-state index contributed by atoms with van der Waals surface area (Å²) in [5, 5.41) is 3.82. The van der Waals surface area contributed by atoms with Gasteiger partial charge in [0.1, 0.15) is 5.75 Å². The van der Waals surface area contributed by atoms with Crippen LogP contribution in [0.15, 0.2) is 18.2 Å². The van der Waals surface area contributed by atoms with Crippen molar-refractivity contribution in [1.29, 1.82) is 0 Å². The molecule has 1 atom stereocenters. The van der Waals surface area contributed by atoms with Crippen LogP contribution in [0.4, 0.5) is 0 Å². The number of carbonyl (C=O) groups excluding carboxylic acids is 1. The first-order valence-electron chi connectivity index (χ1n) is 10.8. The number of carbonyl (C=O) groups is 1. The van der Waals surface area contributed by atoms with Crippen LogP contribution in [0.1, 0.15) is 48.0 Å². The van der Waals surface area contributed by atoms with E-state index in [4.69, 9.17) is 64.9 Å². The van der Waals surface area contributed by atoms with Crippen molar-refractivity contribution in [2.24, 2.45) is 0 Å². The lowest BCUT2D eigenvalue weighted by molar-refractivity contribution is -0.119. The molecule has 1 aromatic carbocycles. The average Bonchev–Trinajstić information content (AvgIpc) is 2.74. The largest absolute Gasteiger partial charge is 0.435 e. The zero-order chi connectivity index (χ0) is 26.2. The van der Waals surface area contributed by atoms with E-state index in [0.29, 0.717) is 35.6 Å². The number of halogens is 2. The first-order valence-corrected chi connectivity index (χ1v) is 20.0. The summed E-state index contributed by atoms with van der Waals surface area (Å²) in [7, 11) is 0. The second-order valence-corrected chi connectivity index (χ2v) is 20.2. The third kappa shape index (κ3) is 15.9. The summed E-state index contributed by atoms with van der Waals surface area (Å²) in [4.78, 5) is 11.4. The smallest absolute Gasteiger partial charge is 0.297 e. The summed E-state index contributed by atoms with van der Waals surface area (Å²) in [6.07, 6.45) is 1.02. The molecular weight excluding hydrogens is 595 g/mol. The molecule has 1 rings (SSSR count). The number of hydrogen-bond donors (Lipinski definition) is 1. The van der Waals surface area contributed by atoms with E-state index in [2.05, 4.69) is 12.2 Å². The first kappa shape index (κ1) is 35.0. The Balaban J connectivity index is 0.000000646. The van der Waals surface area contributed by atoms with Crippen molar-refractivity contribution >= 4 is 86.9 Å². The minimum absolute atomic E-state index is 0.0337. The van der Waals surface area contributed by atoms with E-state index in [1.807, 2.05) is 34.6 Å². The summed E-state index contributed by atoms with van der Waals surface area (Å²) in [6.45, 7) is 13.1. The van der Waals surface area contributed by atoms with Gasteiger partial charge >= 0.3 is 0 Å². The van der Waals surface area contributed by atoms with Gasteiger partial charge in [-0.05, 0) is 82.9 Å². The molecule has 0 fully saturated rings. The lowest BCUT2D eigenvalue weighted by atomic mass is 10.3. The second-order valence-electron chi connectivity index (χ2n) is 6.64. The van der Waals surface area contributed by atoms with Gasteiger partial charge in [-0.2, -0.15) is 0 Å². The SMILES string of the molecule is CCCSP(=S)(OCC)Oc1ccc(Cl)cc1Cl.CCOP(=S)(OCC)SCC(=O)NC(C)C. The Bertz CT molecular complexity index is 826. The molecule has 0 spiro atoms. The molecule has 0 bridgehead atoms. The Hall–Kier alpha value is 0.950. The summed E-state index contributed by atoms with van der Waals surface area (Å²) in [6, 6.07) is 5.22. The van der Waals surface area contributed by atoms with Crippen LogP contribution in [0.5, 0.6) is 5.75 Å². The van der Waals surface area contributed by atoms with Gasteiger partial charge in [0, 0.05) is 16.8 Å². The van der Waals surface area contributed by atoms with Crippen LogP contribution in [0.25, 0.3) is 0 Å². The first-order chi connectivity index (χ1) is 15.9. The van der Waals surface area contributed by atoms with Crippen molar-refractivity contribution in [2.45, 2.75) is 54.0 Å². The second kappa shape index (κ2) is 19.1. The molecule has 34 heavy (non-hydrogen) atoms. The van der Waals surface area contributed by atoms with Crippen molar-refractivity contribution < 1.29 is 22.9 Å². The van der Waals surface area contributed by atoms with Crippen LogP contribution in [0, 0.1) is 0 Å². The van der Waals surface area contributed by atoms with Crippen molar-refractivity contribution in [3.8, 4) is 5.75 Å². The van der Waals surface area contributed by atoms with E-state index in [1.165, 1.54) is 11.4 Å². The third-order valence-electron chi connectivity index (χ3n) is 3.22. The monoisotopic (exact) mass is 629 g/mol. The number of rotatable bonds is 15. The number of nitrogens with one attached hydrogen (secondary N) is 1. The van der Waals surface area contributed by atoms with E-state index < -0.39 is 11.4 Å². The molecule has 1 amide bonds. The summed E-state index contributed by atoms with van der Waals surface area (Å²) < 4.78 is 22.2. The lowest BCUT2D eigenvalue weighted by Gasteiger charge is -2.21. The zero-order valence-electron chi connectivity index (χ0n) is 20.4. The fourth-order valence-electron chi connectivity index (χ4n) is 2.05. The minimum atomic E-state index is -2.38. The number of amides is 1. The van der Waals surface area contributed by atoms with Crippen LogP contribution in [-0.2, 0) is 42.0 Å². The fraction of sp³-hybridized carbons (Fsp3) is 0.650. The maximum Gasteiger partial charge on any atom is 0.297 e. The summed E-state index contributed by atoms with van der Waals surface area (Å²) in [5.41, 5.74) is -4.70. The Morgan fingerprint density at radius 1 is 1.00 bits per heavy atom. The molecule has 0 aromatic heterocycles. The van der Waals surface area contributed by atoms with Crippen molar-refractivity contribution in [1.82, 2.24) is 5.32 Å². The van der Waals surface area contributed by atoms with Crippen molar-refractivity contribution in [3.63, 3.8) is 0 Å². The van der Waals surface area contributed by atoms with E-state index in [0.717, 1.165) is 12.2 Å². The topological polar surface area (TPSA) is 66.0 Å². The third-order valence-corrected chi connectivity index (χ3v) is 14.6. The molecule has 0 saturated carbocycles. The van der Waals surface area contributed by atoms with Crippen molar-refractivity contribution in [2.75, 3.05) is 31.3 Å². The standard InChI is InChI=1S/C11H15Cl2O2PS2.C9H20NO3PS2/c1-3-7-18-16(17,14-4-2)15-11-6-5-9(12)8-10(11)13;1-5-12-14(15,13-6-2)16-7-9(11)10-8(3)4/h5-6,8H,3-4,7H2,1-2H3;8H,5-7H2,1-4H3,(H,10,11). The molecule has 0 heterocycles. The maximum atomic E-state index is 11.4. The van der Waals surface area contributed by atoms with Gasteiger partial charge in [-0.15, -0.1) is 0 Å². The van der Waals surface area contributed by atoms with Gasteiger partial charge in [0.05, 0.1) is 30.6 Å². The maximum absolute atomic E-state index is 11.4. The minimum Gasteiger partial charge on any atom is -0.435 e. The number of hydrogen-bond acceptors (Lipinski definition) is 9. The highest BCUT2D eigenvalue weighted by Crippen LogP contribution is 2.61. The molecule has 198 valence electrons. The van der Waals surface area contributed by atoms with E-state index in [9.17, 15) is 4.79 Å². The lowest BCUT2D eigenvalue weighted by Crippen LogP contribution is -2.31. The Labute approximate surface area is 233 Å². The van der Waals surface area contributed by atoms with Gasteiger partial charge in [0.2, 0.25) is 11.6 Å². The summed E-state index contributed by atoms with van der Waals surface area (Å²) in [5.74, 6) is 1.69. The Kier molecular flexibility index (Phi) is 19.6. The summed E-state index contributed by atoms with van der Waals surface area (Å²) >= 11 is 25.5. The van der Waals surface area contributed by atoms with Gasteiger partial charge in [-0.3, -0.25) is 4.79 Å². The van der Waals surface area contributed by atoms with Gasteiger partial charge in [-0.1, -0.05) is 52.9 Å². The average molecular weight is 631 g/mol. The van der Waals surface area contributed by atoms with Crippen molar-refractivity contribution in [3.05, 3.63) is 28.2 Å². The van der Waals surface area contributed by atoms with E-state index in [1.54, 1.807) is 29.6 Å². The van der Waals surface area contributed by atoms with Gasteiger partial charge in [-0.25, -0.2) is 0 Å². The van der Waals surface area contributed by atoms with Crippen LogP contribution >= 0.6 is 57.4 Å². The van der Waals surface area contributed by atoms with Crippen LogP contribution in [0.3, 0.4) is 0 Å². The predicted molar refractivity (Wildman–Crippen MR) is 159 cm³/mol. The van der Waals surface area contributed by atoms with E-state index in [-0.39, 0.29) is 17.7 Å². The number of benzene rings is 1. The molecule has 6 nitrogen and oxygen atoms in total. The zero-order valence-corrected chi connectivity index (χ0v) is 26.9. The highest BCUT2D eigenvalue weighted by molar-refractivity contribution is 8.68. The molecule has 1 N–H and O–H groups in total. The highest BCUT2D eigenvalue weighted by atomic mass is 35.5. The van der Waals surface area contributed by atoms with Gasteiger partial charge in [0.15, 0.2) is 0 Å². The van der Waals surface area contributed by atoms with Crippen LogP contribution in [-0.4, -0.2) is 43.3 Å². The molecule has 0 aliphatic carbocycles. The highest BCUT2D eigenvalue weighted by Gasteiger charge is 2.22. The molecule has 0 aliphatic heterocycles. The molecular formula is C20H35Cl2NO5P2S4. The normalized spacial score (nSPS) is 13.1. The van der Waals surface area contributed by atoms with Crippen LogP contribution in [0.2, 0.25) is 10.0 Å². The Morgan fingerprint density at radius 2 is 1.56 bits per heavy atom. The molecule has 1 aromatic rings. The molecule has 14 heteroatoms. The molecule has 1 unspecified atom stereocenters. The van der Waals surface area contributed by atoms with E-state index >= 15 is 0 Å². The molecule has 0 radical (unpaired) electrons.